The lowest BCUT2D eigenvalue weighted by Gasteiger charge is -2.44. The number of aliphatic hydroxyl groups is 2. The highest BCUT2D eigenvalue weighted by atomic mass is 16.3. The van der Waals surface area contributed by atoms with E-state index in [2.05, 4.69) is 24.2 Å². The first-order chi connectivity index (χ1) is 14.3. The molecule has 0 bridgehead atoms. The number of anilines is 1. The molecule has 0 amide bonds. The molecule has 0 aliphatic heterocycles. The predicted octanol–water partition coefficient (Wildman–Crippen LogP) is 5.84. The summed E-state index contributed by atoms with van der Waals surface area (Å²) >= 11 is 0. The molecule has 0 heterocycles. The second-order valence-electron chi connectivity index (χ2n) is 10.2. The molecule has 4 heteroatoms. The van der Waals surface area contributed by atoms with E-state index >= 15 is 0 Å². The van der Waals surface area contributed by atoms with Gasteiger partial charge in [0.15, 0.2) is 0 Å². The van der Waals surface area contributed by atoms with Crippen molar-refractivity contribution >= 4 is 5.69 Å². The van der Waals surface area contributed by atoms with Crippen molar-refractivity contribution in [2.24, 2.45) is 11.8 Å². The van der Waals surface area contributed by atoms with Crippen LogP contribution >= 0.6 is 0 Å². The zero-order valence-corrected chi connectivity index (χ0v) is 19.7. The monoisotopic (exact) mass is 416 g/mol. The Morgan fingerprint density at radius 3 is 2.00 bits per heavy atom. The van der Waals surface area contributed by atoms with Crippen molar-refractivity contribution in [3.63, 3.8) is 0 Å². The largest absolute Gasteiger partial charge is 0.372 e. The van der Waals surface area contributed by atoms with Gasteiger partial charge in [0.25, 0.3) is 0 Å². The second kappa shape index (κ2) is 10.0. The minimum atomic E-state index is -1.01. The van der Waals surface area contributed by atoms with Crippen LogP contribution in [0.1, 0.15) is 97.0 Å². The van der Waals surface area contributed by atoms with Crippen LogP contribution in [0.3, 0.4) is 0 Å². The molecule has 170 valence electrons. The lowest BCUT2D eigenvalue weighted by Crippen LogP contribution is -2.50. The fraction of sp³-hybridized carbons (Fsp3) is 0.769. The van der Waals surface area contributed by atoms with Crippen LogP contribution < -0.4 is 5.32 Å². The van der Waals surface area contributed by atoms with Gasteiger partial charge < -0.3 is 15.5 Å². The van der Waals surface area contributed by atoms with Crippen LogP contribution in [-0.4, -0.2) is 33.9 Å². The molecule has 3 unspecified atom stereocenters. The summed E-state index contributed by atoms with van der Waals surface area (Å²) in [4.78, 5) is 2.18. The van der Waals surface area contributed by atoms with E-state index in [9.17, 15) is 10.2 Å². The minimum absolute atomic E-state index is 0.293. The van der Waals surface area contributed by atoms with Crippen LogP contribution in [0.5, 0.6) is 0 Å². The third-order valence-electron chi connectivity index (χ3n) is 8.03. The molecule has 4 nitrogen and oxygen atoms in total. The summed E-state index contributed by atoms with van der Waals surface area (Å²) in [5, 5.41) is 25.8. The van der Waals surface area contributed by atoms with Crippen molar-refractivity contribution in [3.8, 4) is 0 Å². The Morgan fingerprint density at radius 2 is 1.47 bits per heavy atom. The third kappa shape index (κ3) is 5.38. The first kappa shape index (κ1) is 23.6. The maximum atomic E-state index is 11.5. The van der Waals surface area contributed by atoms with Gasteiger partial charge >= 0.3 is 0 Å². The molecule has 2 aliphatic carbocycles. The predicted molar refractivity (Wildman–Crippen MR) is 125 cm³/mol. The van der Waals surface area contributed by atoms with Crippen LogP contribution in [0.2, 0.25) is 0 Å². The fourth-order valence-corrected chi connectivity index (χ4v) is 5.90. The Morgan fingerprint density at radius 1 is 0.933 bits per heavy atom. The number of benzene rings is 1. The molecule has 0 radical (unpaired) electrons. The Kier molecular flexibility index (Phi) is 7.86. The normalized spacial score (nSPS) is 24.2. The molecule has 0 aromatic heterocycles. The Labute approximate surface area is 184 Å². The molecule has 0 spiro atoms. The van der Waals surface area contributed by atoms with Crippen molar-refractivity contribution in [2.45, 2.75) is 109 Å². The van der Waals surface area contributed by atoms with Gasteiger partial charge in [0, 0.05) is 17.6 Å². The highest BCUT2D eigenvalue weighted by molar-refractivity contribution is 5.47. The van der Waals surface area contributed by atoms with Crippen molar-refractivity contribution < 1.29 is 10.2 Å². The number of nitrogens with one attached hydrogen (secondary N) is 1. The Balaban J connectivity index is 1.68. The first-order valence-electron chi connectivity index (χ1n) is 12.3. The van der Waals surface area contributed by atoms with Crippen LogP contribution in [0.15, 0.2) is 24.3 Å². The summed E-state index contributed by atoms with van der Waals surface area (Å²) in [6.07, 6.45) is 13.4. The summed E-state index contributed by atoms with van der Waals surface area (Å²) in [6.45, 7) is 6.06. The third-order valence-corrected chi connectivity index (χ3v) is 8.03. The zero-order valence-electron chi connectivity index (χ0n) is 19.7. The number of hydrogen-bond donors (Lipinski definition) is 3. The van der Waals surface area contributed by atoms with Gasteiger partial charge in [-0.2, -0.15) is 0 Å². The molecule has 2 fully saturated rings. The molecule has 3 atom stereocenters. The minimum Gasteiger partial charge on any atom is -0.372 e. The summed E-state index contributed by atoms with van der Waals surface area (Å²) in [5.41, 5.74) is -0.0906. The van der Waals surface area contributed by atoms with E-state index in [0.29, 0.717) is 17.9 Å². The van der Waals surface area contributed by atoms with E-state index in [1.807, 2.05) is 38.1 Å². The molecule has 3 rings (SSSR count). The molecule has 3 N–H and O–H groups in total. The summed E-state index contributed by atoms with van der Waals surface area (Å²) in [5.74, 6) is 0.965. The van der Waals surface area contributed by atoms with E-state index in [1.165, 1.54) is 51.4 Å². The highest BCUT2D eigenvalue weighted by Crippen LogP contribution is 2.37. The smallest absolute Gasteiger partial charge is 0.141 e. The summed E-state index contributed by atoms with van der Waals surface area (Å²) < 4.78 is 0. The molecule has 1 aromatic carbocycles. The molecule has 30 heavy (non-hydrogen) atoms. The van der Waals surface area contributed by atoms with Gasteiger partial charge in [-0.25, -0.2) is 0 Å². The zero-order chi connectivity index (χ0) is 21.8. The highest BCUT2D eigenvalue weighted by Gasteiger charge is 2.37. The standard InChI is InChI=1S/C26H44N2O2/c1-5-24(20-12-8-6-9-13-20)28(4)26(3,30)22-16-18-23(19-17-22)27-25(2,29)21-14-10-7-11-15-21/h16-21,24,27,29-30H,5-15H2,1-4H3. The van der Waals surface area contributed by atoms with Crippen LogP contribution in [-0.2, 0) is 5.72 Å². The quantitative estimate of drug-likeness (QED) is 0.466. The number of rotatable bonds is 8. The van der Waals surface area contributed by atoms with Crippen molar-refractivity contribution in [1.82, 2.24) is 4.90 Å². The molecule has 1 aromatic rings. The lowest BCUT2D eigenvalue weighted by atomic mass is 9.81. The van der Waals surface area contributed by atoms with E-state index in [-0.39, 0.29) is 0 Å². The molecular formula is C26H44N2O2. The summed E-state index contributed by atoms with van der Waals surface area (Å²) in [7, 11) is 2.07. The van der Waals surface area contributed by atoms with Gasteiger partial charge in [-0.05, 0) is 76.6 Å². The summed E-state index contributed by atoms with van der Waals surface area (Å²) in [6, 6.07) is 8.39. The van der Waals surface area contributed by atoms with Gasteiger partial charge in [0.2, 0.25) is 0 Å². The van der Waals surface area contributed by atoms with Crippen LogP contribution in [0, 0.1) is 11.8 Å². The van der Waals surface area contributed by atoms with Gasteiger partial charge in [-0.3, -0.25) is 4.90 Å². The van der Waals surface area contributed by atoms with Gasteiger partial charge in [0.1, 0.15) is 11.4 Å². The molecule has 2 aliphatic rings. The van der Waals surface area contributed by atoms with Crippen LogP contribution in [0.4, 0.5) is 5.69 Å². The SMILES string of the molecule is CCC(C1CCCCC1)N(C)C(C)(O)c1ccc(NC(C)(O)C2CCCCC2)cc1. The second-order valence-corrected chi connectivity index (χ2v) is 10.2. The van der Waals surface area contributed by atoms with Gasteiger partial charge in [-0.1, -0.05) is 57.6 Å². The Bertz CT molecular complexity index is 644. The average Bonchev–Trinajstić information content (AvgIpc) is 2.76. The maximum absolute atomic E-state index is 11.5. The van der Waals surface area contributed by atoms with Crippen molar-refractivity contribution in [2.75, 3.05) is 12.4 Å². The van der Waals surface area contributed by atoms with Crippen LogP contribution in [0.25, 0.3) is 0 Å². The fourth-order valence-electron chi connectivity index (χ4n) is 5.90. The number of nitrogens with zero attached hydrogens (tertiary/aromatic N) is 1. The molecule has 2 saturated carbocycles. The van der Waals surface area contributed by atoms with Crippen molar-refractivity contribution in [3.05, 3.63) is 29.8 Å². The number of hydrogen-bond acceptors (Lipinski definition) is 4. The van der Waals surface area contributed by atoms with Gasteiger partial charge in [0.05, 0.1) is 0 Å². The maximum Gasteiger partial charge on any atom is 0.141 e. The molecule has 0 saturated heterocycles. The Hall–Kier alpha value is -1.10. The van der Waals surface area contributed by atoms with E-state index in [0.717, 1.165) is 30.5 Å². The van der Waals surface area contributed by atoms with E-state index in [1.54, 1.807) is 0 Å². The first-order valence-corrected chi connectivity index (χ1v) is 12.3. The average molecular weight is 417 g/mol. The van der Waals surface area contributed by atoms with Gasteiger partial charge in [-0.15, -0.1) is 0 Å². The van der Waals surface area contributed by atoms with E-state index < -0.39 is 11.4 Å². The topological polar surface area (TPSA) is 55.7 Å². The van der Waals surface area contributed by atoms with Crippen molar-refractivity contribution in [1.29, 1.82) is 0 Å². The lowest BCUT2D eigenvalue weighted by molar-refractivity contribution is -0.121. The molecular weight excluding hydrogens is 372 g/mol. The van der Waals surface area contributed by atoms with E-state index in [4.69, 9.17) is 0 Å².